The molecule has 13 heteroatoms. The second kappa shape index (κ2) is 11.9. The van der Waals surface area contributed by atoms with Crippen molar-refractivity contribution in [3.05, 3.63) is 59.4 Å². The number of alkyl halides is 3. The molecule has 2 aliphatic rings. The Morgan fingerprint density at radius 3 is 2.62 bits per heavy atom. The van der Waals surface area contributed by atoms with Crippen molar-refractivity contribution in [1.82, 2.24) is 15.5 Å². The Labute approximate surface area is 221 Å². The van der Waals surface area contributed by atoms with E-state index in [0.717, 1.165) is 24.3 Å². The average Bonchev–Trinajstić information content (AvgIpc) is 3.28. The maximum Gasteiger partial charge on any atom is 0.416 e. The van der Waals surface area contributed by atoms with Gasteiger partial charge in [-0.05, 0) is 55.3 Å². The quantitative estimate of drug-likeness (QED) is 0.493. The highest BCUT2D eigenvalue weighted by molar-refractivity contribution is 5.97. The van der Waals surface area contributed by atoms with Gasteiger partial charge in [0.15, 0.2) is 0 Å². The van der Waals surface area contributed by atoms with Crippen LogP contribution in [-0.4, -0.2) is 74.2 Å². The fourth-order valence-electron chi connectivity index (χ4n) is 4.68. The van der Waals surface area contributed by atoms with E-state index in [0.29, 0.717) is 6.42 Å². The number of fused-ring (bicyclic) bond motifs is 2. The minimum absolute atomic E-state index is 0.00530. The van der Waals surface area contributed by atoms with Crippen LogP contribution in [0.2, 0.25) is 0 Å². The highest BCUT2D eigenvalue weighted by Gasteiger charge is 2.39. The highest BCUT2D eigenvalue weighted by atomic mass is 19.4. The minimum Gasteiger partial charge on any atom is -0.491 e. The molecule has 2 aliphatic heterocycles. The van der Waals surface area contributed by atoms with E-state index in [9.17, 15) is 31.9 Å². The zero-order chi connectivity index (χ0) is 28.2. The van der Waals surface area contributed by atoms with Crippen molar-refractivity contribution in [2.24, 2.45) is 0 Å². The van der Waals surface area contributed by atoms with E-state index in [1.807, 2.05) is 0 Å². The fourth-order valence-corrected chi connectivity index (χ4v) is 4.68. The summed E-state index contributed by atoms with van der Waals surface area (Å²) in [4.78, 5) is 40.2. The third kappa shape index (κ3) is 6.96. The first-order chi connectivity index (χ1) is 18.5. The Morgan fingerprint density at radius 1 is 1.18 bits per heavy atom. The largest absolute Gasteiger partial charge is 0.491 e. The van der Waals surface area contributed by atoms with Gasteiger partial charge in [-0.3, -0.25) is 14.4 Å². The van der Waals surface area contributed by atoms with Crippen LogP contribution < -0.4 is 20.7 Å². The summed E-state index contributed by atoms with van der Waals surface area (Å²) in [5.41, 5.74) is -0.560. The Hall–Kier alpha value is -3.87. The third-order valence-electron chi connectivity index (χ3n) is 6.53. The van der Waals surface area contributed by atoms with Gasteiger partial charge in [-0.2, -0.15) is 13.2 Å². The van der Waals surface area contributed by atoms with Gasteiger partial charge in [0.2, 0.25) is 11.8 Å². The molecule has 0 spiro atoms. The lowest BCUT2D eigenvalue weighted by atomic mass is 10.1. The number of carbonyl (C=O) groups excluding carboxylic acids is 3. The summed E-state index contributed by atoms with van der Waals surface area (Å²) < 4.78 is 63.6. The Morgan fingerprint density at radius 2 is 1.92 bits per heavy atom. The van der Waals surface area contributed by atoms with Crippen molar-refractivity contribution in [3.63, 3.8) is 0 Å². The number of anilines is 1. The van der Waals surface area contributed by atoms with E-state index in [1.165, 1.54) is 25.3 Å². The molecule has 2 heterocycles. The molecule has 9 nitrogen and oxygen atoms in total. The Bertz CT molecular complexity index is 1210. The lowest BCUT2D eigenvalue weighted by molar-refractivity contribution is -0.137. The van der Waals surface area contributed by atoms with Gasteiger partial charge in [-0.1, -0.05) is 0 Å². The number of carbonyl (C=O) groups is 3. The summed E-state index contributed by atoms with van der Waals surface area (Å²) in [6.45, 7) is -0.0286. The van der Waals surface area contributed by atoms with Crippen LogP contribution in [0.4, 0.5) is 23.2 Å². The van der Waals surface area contributed by atoms with Crippen LogP contribution in [0.25, 0.3) is 0 Å². The Balaban J connectivity index is 1.60. The number of nitrogens with zero attached hydrogens (tertiary/aromatic N) is 1. The number of hydrogen-bond acceptors (Lipinski definition) is 6. The lowest BCUT2D eigenvalue weighted by Gasteiger charge is -2.30. The van der Waals surface area contributed by atoms with Crippen molar-refractivity contribution in [2.45, 2.75) is 37.1 Å². The molecule has 0 saturated carbocycles. The maximum atomic E-state index is 13.9. The standard InChI is InChI=1S/C26H28F4N4O5/c1-38-14-23(35)33-18-11-19-13-39-22-7-4-16(27)10-20(22)24(36)31-9-8-21(25(37)34(19)12-18)32-17-5-2-15(3-6-17)26(28,29)30/h2-7,10,18-19,21,32H,8-9,11-14H2,1H3,(H,31,36)(H,33,35)/t18-,19-,21-/m0/s1. The Kier molecular flexibility index (Phi) is 8.58. The molecule has 0 unspecified atom stereocenters. The summed E-state index contributed by atoms with van der Waals surface area (Å²) >= 11 is 0. The van der Waals surface area contributed by atoms with Crippen molar-refractivity contribution < 1.29 is 41.4 Å². The number of rotatable bonds is 5. The summed E-state index contributed by atoms with van der Waals surface area (Å²) in [7, 11) is 1.38. The zero-order valence-electron chi connectivity index (χ0n) is 21.0. The SMILES string of the molecule is COCC(=O)N[C@H]1C[C@H]2COc3ccc(F)cc3C(=O)NCC[C@H](Nc3ccc(C(F)(F)F)cc3)C(=O)N2C1. The van der Waals surface area contributed by atoms with Crippen molar-refractivity contribution in [3.8, 4) is 5.75 Å². The van der Waals surface area contributed by atoms with Crippen LogP contribution in [0.3, 0.4) is 0 Å². The predicted octanol–water partition coefficient (Wildman–Crippen LogP) is 2.57. The predicted molar refractivity (Wildman–Crippen MR) is 132 cm³/mol. The van der Waals surface area contributed by atoms with Crippen LogP contribution in [0.5, 0.6) is 5.75 Å². The molecule has 39 heavy (non-hydrogen) atoms. The van der Waals surface area contributed by atoms with Gasteiger partial charge in [0, 0.05) is 31.9 Å². The molecular weight excluding hydrogens is 524 g/mol. The van der Waals surface area contributed by atoms with Crippen molar-refractivity contribution in [1.29, 1.82) is 0 Å². The summed E-state index contributed by atoms with van der Waals surface area (Å²) in [6, 6.07) is 5.97. The van der Waals surface area contributed by atoms with E-state index in [1.54, 1.807) is 4.90 Å². The van der Waals surface area contributed by atoms with Gasteiger partial charge < -0.3 is 30.3 Å². The smallest absolute Gasteiger partial charge is 0.416 e. The zero-order valence-corrected chi connectivity index (χ0v) is 21.0. The molecule has 0 radical (unpaired) electrons. The van der Waals surface area contributed by atoms with E-state index < -0.39 is 41.6 Å². The maximum absolute atomic E-state index is 13.9. The number of amides is 3. The van der Waals surface area contributed by atoms with E-state index in [-0.39, 0.29) is 61.5 Å². The van der Waals surface area contributed by atoms with E-state index in [4.69, 9.17) is 9.47 Å². The van der Waals surface area contributed by atoms with Crippen LogP contribution in [0.15, 0.2) is 42.5 Å². The van der Waals surface area contributed by atoms with Gasteiger partial charge in [-0.15, -0.1) is 0 Å². The number of ether oxygens (including phenoxy) is 2. The number of halogens is 4. The molecule has 2 aromatic carbocycles. The summed E-state index contributed by atoms with van der Waals surface area (Å²) in [6.07, 6.45) is -4.08. The van der Waals surface area contributed by atoms with Gasteiger partial charge >= 0.3 is 6.18 Å². The lowest BCUT2D eigenvalue weighted by Crippen LogP contribution is -2.49. The average molecular weight is 553 g/mol. The van der Waals surface area contributed by atoms with Gasteiger partial charge in [0.25, 0.3) is 5.91 Å². The third-order valence-corrected chi connectivity index (χ3v) is 6.53. The van der Waals surface area contributed by atoms with Crippen LogP contribution >= 0.6 is 0 Å². The molecule has 3 N–H and O–H groups in total. The molecule has 0 aromatic heterocycles. The summed E-state index contributed by atoms with van der Waals surface area (Å²) in [5.74, 6) is -1.81. The normalized spacial score (nSPS) is 22.0. The second-order valence-electron chi connectivity index (χ2n) is 9.35. The van der Waals surface area contributed by atoms with E-state index in [2.05, 4.69) is 16.0 Å². The second-order valence-corrected chi connectivity index (χ2v) is 9.35. The van der Waals surface area contributed by atoms with Crippen LogP contribution in [0, 0.1) is 5.82 Å². The van der Waals surface area contributed by atoms with Gasteiger partial charge in [0.1, 0.15) is 30.8 Å². The molecule has 1 fully saturated rings. The van der Waals surface area contributed by atoms with E-state index >= 15 is 0 Å². The topological polar surface area (TPSA) is 109 Å². The molecule has 3 amide bonds. The molecule has 210 valence electrons. The number of benzene rings is 2. The first-order valence-corrected chi connectivity index (χ1v) is 12.3. The van der Waals surface area contributed by atoms with Gasteiger partial charge in [0.05, 0.1) is 17.2 Å². The molecule has 3 atom stereocenters. The number of hydrogen-bond donors (Lipinski definition) is 3. The molecule has 1 saturated heterocycles. The van der Waals surface area contributed by atoms with Crippen molar-refractivity contribution >= 4 is 23.4 Å². The van der Waals surface area contributed by atoms with Crippen LogP contribution in [0.1, 0.15) is 28.8 Å². The molecule has 0 aliphatic carbocycles. The molecule has 2 aromatic rings. The number of methoxy groups -OCH3 is 1. The van der Waals surface area contributed by atoms with Gasteiger partial charge in [-0.25, -0.2) is 4.39 Å². The minimum atomic E-state index is -4.51. The molecule has 4 rings (SSSR count). The highest BCUT2D eigenvalue weighted by Crippen LogP contribution is 2.30. The van der Waals surface area contributed by atoms with Crippen LogP contribution in [-0.2, 0) is 20.5 Å². The van der Waals surface area contributed by atoms with Crippen molar-refractivity contribution in [2.75, 3.05) is 38.7 Å². The molecular formula is C26H28F4N4O5. The first-order valence-electron chi connectivity index (χ1n) is 12.3. The monoisotopic (exact) mass is 552 g/mol. The fraction of sp³-hybridized carbons (Fsp3) is 0.423. The first kappa shape index (κ1) is 28.1. The number of nitrogens with one attached hydrogen (secondary N) is 3. The molecule has 0 bridgehead atoms. The summed E-state index contributed by atoms with van der Waals surface area (Å²) in [5, 5.41) is 8.43.